The fourth-order valence-electron chi connectivity index (χ4n) is 1.17. The van der Waals surface area contributed by atoms with Crippen LogP contribution in [-0.2, 0) is 0 Å². The molecule has 3 heteroatoms. The van der Waals surface area contributed by atoms with Crippen molar-refractivity contribution in [3.05, 3.63) is 40.9 Å². The zero-order valence-electron chi connectivity index (χ0n) is 7.73. The van der Waals surface area contributed by atoms with Gasteiger partial charge in [0.25, 0.3) is 0 Å². The molecular weight excluding hydrogens is 194 g/mol. The minimum Gasteiger partial charge on any atom is -0.297 e. The average molecular weight is 203 g/mol. The number of nitrogens with zero attached hydrogens (tertiary/aromatic N) is 1. The summed E-state index contributed by atoms with van der Waals surface area (Å²) in [7, 11) is 0. The van der Waals surface area contributed by atoms with Crippen LogP contribution in [0.5, 0.6) is 0 Å². The molecule has 0 aliphatic carbocycles. The van der Waals surface area contributed by atoms with E-state index in [9.17, 15) is 4.79 Å². The molecule has 0 N–H and O–H groups in total. The Kier molecular flexibility index (Phi) is 2.41. The molecule has 0 fully saturated rings. The van der Waals surface area contributed by atoms with E-state index in [2.05, 4.69) is 4.98 Å². The molecule has 0 aliphatic rings. The summed E-state index contributed by atoms with van der Waals surface area (Å²) in [6.07, 6.45) is 2.43. The Hall–Kier alpha value is -1.48. The van der Waals surface area contributed by atoms with Gasteiger partial charge in [0, 0.05) is 11.8 Å². The number of aryl methyl sites for hydroxylation is 1. The molecule has 1 aromatic carbocycles. The Morgan fingerprint density at radius 1 is 1.29 bits per heavy atom. The third-order valence-corrected chi connectivity index (χ3v) is 2.91. The van der Waals surface area contributed by atoms with Crippen molar-refractivity contribution >= 4 is 17.6 Å². The van der Waals surface area contributed by atoms with Gasteiger partial charge in [0.2, 0.25) is 0 Å². The van der Waals surface area contributed by atoms with E-state index in [1.807, 2.05) is 31.2 Å². The molecule has 0 saturated carbocycles. The van der Waals surface area contributed by atoms with Crippen molar-refractivity contribution < 1.29 is 4.79 Å². The van der Waals surface area contributed by atoms with Crippen LogP contribution in [0.4, 0.5) is 0 Å². The number of benzene rings is 1. The van der Waals surface area contributed by atoms with Crippen molar-refractivity contribution in [3.63, 3.8) is 0 Å². The molecular formula is C11H9NOS. The first kappa shape index (κ1) is 9.09. The smallest absolute Gasteiger partial charge is 0.161 e. The van der Waals surface area contributed by atoms with Crippen LogP contribution in [0.3, 0.4) is 0 Å². The molecule has 2 nitrogen and oxygen atoms in total. The second-order valence-electron chi connectivity index (χ2n) is 3.05. The Morgan fingerprint density at radius 2 is 2.00 bits per heavy atom. The fourth-order valence-corrected chi connectivity index (χ4v) is 1.91. The minimum absolute atomic E-state index is 0.667. The maximum absolute atomic E-state index is 10.5. The molecule has 1 aromatic heterocycles. The predicted molar refractivity (Wildman–Crippen MR) is 57.7 cm³/mol. The van der Waals surface area contributed by atoms with Crippen molar-refractivity contribution in [2.75, 3.05) is 0 Å². The summed E-state index contributed by atoms with van der Waals surface area (Å²) in [5.41, 5.74) is 2.29. The molecule has 70 valence electrons. The van der Waals surface area contributed by atoms with Gasteiger partial charge >= 0.3 is 0 Å². The number of carbonyl (C=O) groups excluding carboxylic acids is 1. The van der Waals surface area contributed by atoms with Crippen molar-refractivity contribution in [1.29, 1.82) is 0 Å². The number of aldehydes is 1. The third-order valence-electron chi connectivity index (χ3n) is 1.94. The standard InChI is InChI=1S/C11H9NOS/c1-8-2-4-9(5-3-8)11-12-6-10(7-13)14-11/h2-7H,1H3. The summed E-state index contributed by atoms with van der Waals surface area (Å²) in [5, 5.41) is 0.895. The van der Waals surface area contributed by atoms with E-state index in [1.54, 1.807) is 6.20 Å². The van der Waals surface area contributed by atoms with Crippen molar-refractivity contribution in [2.24, 2.45) is 0 Å². The van der Waals surface area contributed by atoms with Gasteiger partial charge in [-0.3, -0.25) is 4.79 Å². The molecule has 14 heavy (non-hydrogen) atoms. The second kappa shape index (κ2) is 3.72. The molecule has 0 amide bonds. The quantitative estimate of drug-likeness (QED) is 0.702. The maximum atomic E-state index is 10.5. The summed E-state index contributed by atoms with van der Waals surface area (Å²) < 4.78 is 0. The van der Waals surface area contributed by atoms with Gasteiger partial charge in [-0.25, -0.2) is 4.98 Å². The van der Waals surface area contributed by atoms with Crippen LogP contribution in [0.1, 0.15) is 15.2 Å². The molecule has 0 aliphatic heterocycles. The van der Waals surface area contributed by atoms with Gasteiger partial charge in [-0.05, 0) is 6.92 Å². The van der Waals surface area contributed by atoms with Crippen LogP contribution < -0.4 is 0 Å². The van der Waals surface area contributed by atoms with E-state index in [-0.39, 0.29) is 0 Å². The highest BCUT2D eigenvalue weighted by atomic mass is 32.1. The van der Waals surface area contributed by atoms with Gasteiger partial charge in [-0.1, -0.05) is 29.8 Å². The second-order valence-corrected chi connectivity index (χ2v) is 4.11. The van der Waals surface area contributed by atoms with Gasteiger partial charge in [-0.15, -0.1) is 11.3 Å². The van der Waals surface area contributed by atoms with E-state index in [0.717, 1.165) is 16.9 Å². The van der Waals surface area contributed by atoms with Crippen molar-refractivity contribution in [1.82, 2.24) is 4.98 Å². The predicted octanol–water partition coefficient (Wildman–Crippen LogP) is 2.93. The fraction of sp³-hybridized carbons (Fsp3) is 0.0909. The van der Waals surface area contributed by atoms with Gasteiger partial charge in [0.05, 0.1) is 4.88 Å². The first-order chi connectivity index (χ1) is 6.79. The van der Waals surface area contributed by atoms with Crippen LogP contribution in [0, 0.1) is 6.92 Å². The Labute approximate surface area is 86.2 Å². The lowest BCUT2D eigenvalue weighted by molar-refractivity contribution is 0.112. The third kappa shape index (κ3) is 1.72. The normalized spacial score (nSPS) is 10.1. The largest absolute Gasteiger partial charge is 0.297 e. The van der Waals surface area contributed by atoms with E-state index < -0.39 is 0 Å². The summed E-state index contributed by atoms with van der Waals surface area (Å²) in [4.78, 5) is 15.3. The molecule has 0 saturated heterocycles. The zero-order chi connectivity index (χ0) is 9.97. The van der Waals surface area contributed by atoms with Crippen molar-refractivity contribution in [2.45, 2.75) is 6.92 Å². The Balaban J connectivity index is 2.39. The number of carbonyl (C=O) groups is 1. The summed E-state index contributed by atoms with van der Waals surface area (Å²) in [5.74, 6) is 0. The SMILES string of the molecule is Cc1ccc(-c2ncc(C=O)s2)cc1. The van der Waals surface area contributed by atoms with E-state index >= 15 is 0 Å². The zero-order valence-corrected chi connectivity index (χ0v) is 8.54. The number of hydrogen-bond acceptors (Lipinski definition) is 3. The van der Waals surface area contributed by atoms with Gasteiger partial charge in [-0.2, -0.15) is 0 Å². The van der Waals surface area contributed by atoms with Crippen LogP contribution in [0.15, 0.2) is 30.5 Å². The lowest BCUT2D eigenvalue weighted by Gasteiger charge is -1.95. The molecule has 0 atom stereocenters. The Morgan fingerprint density at radius 3 is 2.57 bits per heavy atom. The highest BCUT2D eigenvalue weighted by Crippen LogP contribution is 2.24. The molecule has 0 spiro atoms. The monoisotopic (exact) mass is 203 g/mol. The number of aromatic nitrogens is 1. The first-order valence-electron chi connectivity index (χ1n) is 4.27. The van der Waals surface area contributed by atoms with E-state index in [4.69, 9.17) is 0 Å². The van der Waals surface area contributed by atoms with Gasteiger partial charge in [0.15, 0.2) is 6.29 Å². The highest BCUT2D eigenvalue weighted by Gasteiger charge is 2.02. The molecule has 0 radical (unpaired) electrons. The highest BCUT2D eigenvalue weighted by molar-refractivity contribution is 7.16. The van der Waals surface area contributed by atoms with Crippen LogP contribution in [0.25, 0.3) is 10.6 Å². The molecule has 2 rings (SSSR count). The lowest BCUT2D eigenvalue weighted by atomic mass is 10.2. The summed E-state index contributed by atoms with van der Waals surface area (Å²) in [6, 6.07) is 8.11. The van der Waals surface area contributed by atoms with E-state index in [1.165, 1.54) is 16.9 Å². The summed E-state index contributed by atoms with van der Waals surface area (Å²) in [6.45, 7) is 2.04. The first-order valence-corrected chi connectivity index (χ1v) is 5.09. The van der Waals surface area contributed by atoms with Crippen LogP contribution in [-0.4, -0.2) is 11.3 Å². The molecule has 1 heterocycles. The van der Waals surface area contributed by atoms with Crippen LogP contribution >= 0.6 is 11.3 Å². The van der Waals surface area contributed by atoms with E-state index in [0.29, 0.717) is 4.88 Å². The van der Waals surface area contributed by atoms with Gasteiger partial charge in [0.1, 0.15) is 5.01 Å². The lowest BCUT2D eigenvalue weighted by Crippen LogP contribution is -1.75. The van der Waals surface area contributed by atoms with Crippen LogP contribution in [0.2, 0.25) is 0 Å². The van der Waals surface area contributed by atoms with Crippen molar-refractivity contribution in [3.8, 4) is 10.6 Å². The topological polar surface area (TPSA) is 30.0 Å². The Bertz CT molecular complexity index is 445. The molecule has 2 aromatic rings. The number of thiazole rings is 1. The minimum atomic E-state index is 0.667. The number of hydrogen-bond donors (Lipinski definition) is 0. The van der Waals surface area contributed by atoms with Gasteiger partial charge < -0.3 is 0 Å². The maximum Gasteiger partial charge on any atom is 0.161 e. The average Bonchev–Trinajstić information content (AvgIpc) is 2.67. The summed E-state index contributed by atoms with van der Waals surface area (Å²) >= 11 is 1.41. The number of rotatable bonds is 2. The molecule has 0 bridgehead atoms. The molecule has 0 unspecified atom stereocenters.